The lowest BCUT2D eigenvalue weighted by Gasteiger charge is -2.33. The van der Waals surface area contributed by atoms with Gasteiger partial charge in [0.1, 0.15) is 12.6 Å². The highest BCUT2D eigenvalue weighted by molar-refractivity contribution is 7.92. The van der Waals surface area contributed by atoms with Crippen molar-refractivity contribution in [2.75, 3.05) is 25.1 Å². The summed E-state index contributed by atoms with van der Waals surface area (Å²) in [5, 5.41) is 2.90. The lowest BCUT2D eigenvalue weighted by molar-refractivity contribution is -0.140. The molecule has 226 valence electrons. The van der Waals surface area contributed by atoms with Gasteiger partial charge in [0.05, 0.1) is 24.8 Å². The number of rotatable bonds is 13. The van der Waals surface area contributed by atoms with Gasteiger partial charge in [0.15, 0.2) is 11.5 Å². The van der Waals surface area contributed by atoms with Gasteiger partial charge >= 0.3 is 0 Å². The molecule has 0 aromatic heterocycles. The Morgan fingerprint density at radius 1 is 0.881 bits per heavy atom. The van der Waals surface area contributed by atoms with Gasteiger partial charge in [-0.2, -0.15) is 0 Å². The average molecular weight is 596 g/mol. The van der Waals surface area contributed by atoms with Crippen molar-refractivity contribution in [3.63, 3.8) is 0 Å². The van der Waals surface area contributed by atoms with Crippen LogP contribution in [0.15, 0.2) is 71.6 Å². The molecule has 0 aliphatic heterocycles. The van der Waals surface area contributed by atoms with Gasteiger partial charge in [-0.15, -0.1) is 0 Å². The van der Waals surface area contributed by atoms with E-state index in [1.165, 1.54) is 37.3 Å². The molecule has 3 aromatic carbocycles. The zero-order chi connectivity index (χ0) is 31.0. The molecule has 0 fully saturated rings. The Morgan fingerprint density at radius 3 is 2.05 bits per heavy atom. The maximum Gasteiger partial charge on any atom is 0.264 e. The Balaban J connectivity index is 2.13. The van der Waals surface area contributed by atoms with E-state index < -0.39 is 28.5 Å². The van der Waals surface area contributed by atoms with E-state index in [1.807, 2.05) is 71.0 Å². The molecule has 2 amide bonds. The molecule has 0 spiro atoms. The number of anilines is 1. The fourth-order valence-corrected chi connectivity index (χ4v) is 6.22. The van der Waals surface area contributed by atoms with Crippen molar-refractivity contribution in [2.45, 2.75) is 64.6 Å². The average Bonchev–Trinajstić information content (AvgIpc) is 2.94. The van der Waals surface area contributed by atoms with Gasteiger partial charge in [-0.05, 0) is 75.1 Å². The lowest BCUT2D eigenvalue weighted by Crippen LogP contribution is -2.53. The van der Waals surface area contributed by atoms with Crippen LogP contribution in [0.25, 0.3) is 0 Å². The number of benzene rings is 3. The topological polar surface area (TPSA) is 105 Å². The standard InChI is InChI=1S/C32H41N3O6S/c1-8-28(32(37)33-22(2)3)34(20-25-12-10-9-11-13-25)31(36)21-35(26-17-23(4)16-24(5)18-26)42(38,39)27-14-15-29(40-6)30(19-27)41-7/h9-19,22,28H,8,20-21H2,1-7H3,(H,33,37)/t28-/m1/s1. The monoisotopic (exact) mass is 595 g/mol. The first-order valence-electron chi connectivity index (χ1n) is 13.9. The van der Waals surface area contributed by atoms with Crippen LogP contribution < -0.4 is 19.1 Å². The summed E-state index contributed by atoms with van der Waals surface area (Å²) in [6, 6.07) is 18.1. The van der Waals surface area contributed by atoms with Crippen LogP contribution in [0.3, 0.4) is 0 Å². The van der Waals surface area contributed by atoms with Crippen molar-refractivity contribution in [3.05, 3.63) is 83.4 Å². The van der Waals surface area contributed by atoms with Crippen LogP contribution in [-0.4, -0.2) is 58.0 Å². The maximum atomic E-state index is 14.2. The lowest BCUT2D eigenvalue weighted by atomic mass is 10.1. The second-order valence-corrected chi connectivity index (χ2v) is 12.3. The molecule has 42 heavy (non-hydrogen) atoms. The molecule has 10 heteroatoms. The van der Waals surface area contributed by atoms with Gasteiger partial charge in [-0.3, -0.25) is 13.9 Å². The summed E-state index contributed by atoms with van der Waals surface area (Å²) in [4.78, 5) is 28.8. The Bertz CT molecular complexity index is 1470. The molecule has 3 aromatic rings. The zero-order valence-corrected chi connectivity index (χ0v) is 26.2. The number of carbonyl (C=O) groups excluding carboxylic acids is 2. The molecular formula is C32H41N3O6S. The van der Waals surface area contributed by atoms with E-state index in [0.717, 1.165) is 21.0 Å². The number of hydrogen-bond donors (Lipinski definition) is 1. The third kappa shape index (κ3) is 7.82. The van der Waals surface area contributed by atoms with Crippen LogP contribution in [0.1, 0.15) is 43.9 Å². The summed E-state index contributed by atoms with van der Waals surface area (Å²) in [7, 11) is -1.38. The molecule has 1 N–H and O–H groups in total. The van der Waals surface area contributed by atoms with E-state index in [0.29, 0.717) is 17.9 Å². The third-order valence-electron chi connectivity index (χ3n) is 6.73. The molecule has 1 atom stereocenters. The molecule has 0 aliphatic rings. The fourth-order valence-electron chi connectivity index (χ4n) is 4.81. The molecule has 0 saturated heterocycles. The van der Waals surface area contributed by atoms with Gasteiger partial charge < -0.3 is 19.7 Å². The first-order valence-corrected chi connectivity index (χ1v) is 15.3. The Kier molecular flexibility index (Phi) is 11.0. The summed E-state index contributed by atoms with van der Waals surface area (Å²) in [5.41, 5.74) is 2.85. The van der Waals surface area contributed by atoms with Crippen molar-refractivity contribution in [1.29, 1.82) is 0 Å². The number of nitrogens with zero attached hydrogens (tertiary/aromatic N) is 2. The largest absolute Gasteiger partial charge is 0.493 e. The van der Waals surface area contributed by atoms with E-state index in [4.69, 9.17) is 9.47 Å². The van der Waals surface area contributed by atoms with Crippen molar-refractivity contribution in [1.82, 2.24) is 10.2 Å². The number of nitrogens with one attached hydrogen (secondary N) is 1. The first kappa shape index (κ1) is 32.5. The second kappa shape index (κ2) is 14.2. The van der Waals surface area contributed by atoms with Gasteiger partial charge in [0.25, 0.3) is 10.0 Å². The van der Waals surface area contributed by atoms with Crippen molar-refractivity contribution in [2.24, 2.45) is 0 Å². The van der Waals surface area contributed by atoms with E-state index in [2.05, 4.69) is 5.32 Å². The third-order valence-corrected chi connectivity index (χ3v) is 8.50. The van der Waals surface area contributed by atoms with Crippen LogP contribution in [0.2, 0.25) is 0 Å². The van der Waals surface area contributed by atoms with Crippen molar-refractivity contribution in [3.8, 4) is 11.5 Å². The molecule has 0 bridgehead atoms. The Hall–Kier alpha value is -4.05. The minimum absolute atomic E-state index is 0.0636. The van der Waals surface area contributed by atoms with Crippen LogP contribution in [0, 0.1) is 13.8 Å². The number of sulfonamides is 1. The number of carbonyl (C=O) groups is 2. The van der Waals surface area contributed by atoms with E-state index in [9.17, 15) is 18.0 Å². The highest BCUT2D eigenvalue weighted by Gasteiger charge is 2.34. The smallest absolute Gasteiger partial charge is 0.264 e. The summed E-state index contributed by atoms with van der Waals surface area (Å²) in [6.07, 6.45) is 0.350. The van der Waals surface area contributed by atoms with E-state index >= 15 is 0 Å². The number of aryl methyl sites for hydroxylation is 2. The molecule has 0 saturated carbocycles. The zero-order valence-electron chi connectivity index (χ0n) is 25.4. The quantitative estimate of drug-likeness (QED) is 0.303. The SMILES string of the molecule is CC[C@H](C(=O)NC(C)C)N(Cc1ccccc1)C(=O)CN(c1cc(C)cc(C)c1)S(=O)(=O)c1ccc(OC)c(OC)c1. The molecule has 0 unspecified atom stereocenters. The first-order chi connectivity index (χ1) is 19.9. The maximum absolute atomic E-state index is 14.2. The minimum atomic E-state index is -4.27. The van der Waals surface area contributed by atoms with Crippen LogP contribution in [0.5, 0.6) is 11.5 Å². The summed E-state index contributed by atoms with van der Waals surface area (Å²) >= 11 is 0. The molecule has 3 rings (SSSR count). The second-order valence-electron chi connectivity index (χ2n) is 10.5. The van der Waals surface area contributed by atoms with Crippen LogP contribution in [-0.2, 0) is 26.2 Å². The Labute approximate surface area is 249 Å². The van der Waals surface area contributed by atoms with Gasteiger partial charge in [0.2, 0.25) is 11.8 Å². The summed E-state index contributed by atoms with van der Waals surface area (Å²) in [6.45, 7) is 8.89. The molecule has 9 nitrogen and oxygen atoms in total. The molecule has 0 aliphatic carbocycles. The highest BCUT2D eigenvalue weighted by atomic mass is 32.2. The van der Waals surface area contributed by atoms with Crippen molar-refractivity contribution < 1.29 is 27.5 Å². The van der Waals surface area contributed by atoms with E-state index in [-0.39, 0.29) is 29.1 Å². The highest BCUT2D eigenvalue weighted by Crippen LogP contribution is 2.33. The number of methoxy groups -OCH3 is 2. The fraction of sp³-hybridized carbons (Fsp3) is 0.375. The predicted molar refractivity (Wildman–Crippen MR) is 164 cm³/mol. The minimum Gasteiger partial charge on any atom is -0.493 e. The normalized spacial score (nSPS) is 12.0. The van der Waals surface area contributed by atoms with Crippen LogP contribution >= 0.6 is 0 Å². The van der Waals surface area contributed by atoms with E-state index in [1.54, 1.807) is 12.1 Å². The van der Waals surface area contributed by atoms with Gasteiger partial charge in [-0.1, -0.05) is 43.3 Å². The molecule has 0 heterocycles. The summed E-state index contributed by atoms with van der Waals surface area (Å²) < 4.78 is 40.2. The van der Waals surface area contributed by atoms with Crippen LogP contribution in [0.4, 0.5) is 5.69 Å². The number of hydrogen-bond acceptors (Lipinski definition) is 6. The van der Waals surface area contributed by atoms with Gasteiger partial charge in [-0.25, -0.2) is 8.42 Å². The number of amides is 2. The molecule has 0 radical (unpaired) electrons. The summed E-state index contributed by atoms with van der Waals surface area (Å²) in [5.74, 6) is -0.181. The Morgan fingerprint density at radius 2 is 1.50 bits per heavy atom. The molecular weight excluding hydrogens is 554 g/mol. The number of ether oxygens (including phenoxy) is 2. The van der Waals surface area contributed by atoms with Gasteiger partial charge in [0, 0.05) is 18.7 Å². The van der Waals surface area contributed by atoms with Crippen molar-refractivity contribution >= 4 is 27.5 Å². The predicted octanol–water partition coefficient (Wildman–Crippen LogP) is 4.85.